The van der Waals surface area contributed by atoms with E-state index in [0.29, 0.717) is 6.42 Å². The monoisotopic (exact) mass is 522 g/mol. The maximum absolute atomic E-state index is 12.4. The van der Waals surface area contributed by atoms with Crippen LogP contribution in [0, 0.1) is 17.8 Å². The van der Waals surface area contributed by atoms with Crippen molar-refractivity contribution in [2.75, 3.05) is 0 Å². The number of aliphatic hydroxyl groups excluding tert-OH is 2. The summed E-state index contributed by atoms with van der Waals surface area (Å²) in [6, 6.07) is 0. The van der Waals surface area contributed by atoms with E-state index in [-0.39, 0.29) is 49.4 Å². The van der Waals surface area contributed by atoms with E-state index in [1.54, 1.807) is 13.0 Å². The van der Waals surface area contributed by atoms with E-state index in [2.05, 4.69) is 13.0 Å². The van der Waals surface area contributed by atoms with Gasteiger partial charge in [-0.2, -0.15) is 0 Å². The first-order chi connectivity index (χ1) is 17.4. The molecule has 0 aromatic carbocycles. The average molecular weight is 523 g/mol. The maximum atomic E-state index is 12.4. The van der Waals surface area contributed by atoms with Gasteiger partial charge in [0, 0.05) is 25.2 Å². The minimum Gasteiger partial charge on any atom is -0.457 e. The van der Waals surface area contributed by atoms with Gasteiger partial charge in [0.05, 0.1) is 30.8 Å². The number of carbonyl (C=O) groups is 2. The van der Waals surface area contributed by atoms with Gasteiger partial charge in [-0.05, 0) is 50.2 Å². The summed E-state index contributed by atoms with van der Waals surface area (Å²) >= 11 is 0. The molecule has 2 heterocycles. The van der Waals surface area contributed by atoms with Crippen LogP contribution >= 0.6 is 0 Å². The Labute approximate surface area is 221 Å². The topological polar surface area (TPSA) is 126 Å². The van der Waals surface area contributed by atoms with Gasteiger partial charge in [0.25, 0.3) is 0 Å². The van der Waals surface area contributed by atoms with Gasteiger partial charge in [-0.3, -0.25) is 9.59 Å². The predicted octanol–water partition coefficient (Wildman–Crippen LogP) is 3.98. The van der Waals surface area contributed by atoms with Crippen molar-refractivity contribution in [1.29, 1.82) is 0 Å². The molecule has 0 aromatic rings. The first kappa shape index (κ1) is 31.2. The van der Waals surface area contributed by atoms with Crippen LogP contribution in [0.15, 0.2) is 36.0 Å². The van der Waals surface area contributed by atoms with Crippen LogP contribution in [0.25, 0.3) is 0 Å². The molecule has 1 saturated heterocycles. The predicted molar refractivity (Wildman–Crippen MR) is 140 cm³/mol. The van der Waals surface area contributed by atoms with Crippen LogP contribution in [-0.4, -0.2) is 63.6 Å². The summed E-state index contributed by atoms with van der Waals surface area (Å²) in [6.45, 7) is 10.9. The van der Waals surface area contributed by atoms with Crippen LogP contribution < -0.4 is 0 Å². The highest BCUT2D eigenvalue weighted by molar-refractivity contribution is 5.70. The van der Waals surface area contributed by atoms with Crippen LogP contribution in [0.1, 0.15) is 80.1 Å². The van der Waals surface area contributed by atoms with Gasteiger partial charge in [0.1, 0.15) is 6.10 Å². The molecule has 9 unspecified atom stereocenters. The lowest BCUT2D eigenvalue weighted by Crippen LogP contribution is -2.39. The Hall–Kier alpha value is -2.00. The lowest BCUT2D eigenvalue weighted by Gasteiger charge is -2.31. The summed E-state index contributed by atoms with van der Waals surface area (Å²) in [6.07, 6.45) is 9.72. The van der Waals surface area contributed by atoms with Crippen LogP contribution in [0.5, 0.6) is 0 Å². The van der Waals surface area contributed by atoms with Crippen molar-refractivity contribution in [2.45, 2.75) is 116 Å². The lowest BCUT2D eigenvalue weighted by molar-refractivity contribution is -0.205. The fourth-order valence-electron chi connectivity index (χ4n) is 4.72. The van der Waals surface area contributed by atoms with Crippen molar-refractivity contribution < 1.29 is 39.1 Å². The van der Waals surface area contributed by atoms with Gasteiger partial charge in [-0.1, -0.05) is 52.0 Å². The molecule has 210 valence electrons. The molecule has 0 amide bonds. The van der Waals surface area contributed by atoms with Crippen LogP contribution in [-0.2, 0) is 23.8 Å². The molecule has 0 bridgehead atoms. The zero-order chi connectivity index (χ0) is 27.8. The average Bonchev–Trinajstić information content (AvgIpc) is 3.58. The Kier molecular flexibility index (Phi) is 12.0. The Balaban J connectivity index is 2.06. The Bertz CT molecular complexity index is 849. The molecule has 8 nitrogen and oxygen atoms in total. The van der Waals surface area contributed by atoms with E-state index < -0.39 is 35.9 Å². The van der Waals surface area contributed by atoms with E-state index in [1.165, 1.54) is 13.0 Å². The number of hydrogen-bond donors (Lipinski definition) is 3. The van der Waals surface area contributed by atoms with Crippen LogP contribution in [0.4, 0.5) is 0 Å². The van der Waals surface area contributed by atoms with Gasteiger partial charge >= 0.3 is 11.9 Å². The van der Waals surface area contributed by atoms with E-state index in [0.717, 1.165) is 18.4 Å². The number of rotatable bonds is 9. The van der Waals surface area contributed by atoms with Gasteiger partial charge in [-0.25, -0.2) is 0 Å². The minimum atomic E-state index is -1.81. The van der Waals surface area contributed by atoms with Crippen molar-refractivity contribution in [1.82, 2.24) is 0 Å². The van der Waals surface area contributed by atoms with Crippen molar-refractivity contribution in [3.05, 3.63) is 36.0 Å². The second kappa shape index (κ2) is 14.2. The minimum absolute atomic E-state index is 0.106. The normalized spacial score (nSPS) is 34.1. The molecule has 9 atom stereocenters. The zero-order valence-corrected chi connectivity index (χ0v) is 23.1. The third-order valence-corrected chi connectivity index (χ3v) is 7.40. The SMILES string of the molecule is CCC(O)C(C)C1OC1CC(C)C=CC=C(C)C1CC=CC(O)(OC(C)=O)C(C)CCC(O)CC(=O)O1. The number of ether oxygens (including phenoxy) is 3. The number of carbonyl (C=O) groups excluding carboxylic acids is 2. The molecule has 1 fully saturated rings. The van der Waals surface area contributed by atoms with E-state index in [1.807, 2.05) is 32.9 Å². The van der Waals surface area contributed by atoms with Crippen molar-refractivity contribution in [3.63, 3.8) is 0 Å². The maximum Gasteiger partial charge on any atom is 0.309 e. The van der Waals surface area contributed by atoms with E-state index in [9.17, 15) is 24.9 Å². The molecule has 0 aliphatic carbocycles. The molecule has 0 spiro atoms. The Morgan fingerprint density at radius 1 is 1.30 bits per heavy atom. The first-order valence-electron chi connectivity index (χ1n) is 13.5. The van der Waals surface area contributed by atoms with Crippen molar-refractivity contribution in [3.8, 4) is 0 Å². The zero-order valence-electron chi connectivity index (χ0n) is 23.1. The molecule has 2 rings (SSSR count). The number of hydrogen-bond acceptors (Lipinski definition) is 8. The summed E-state index contributed by atoms with van der Waals surface area (Å²) in [4.78, 5) is 24.0. The molecule has 8 heteroatoms. The summed E-state index contributed by atoms with van der Waals surface area (Å²) in [5.74, 6) is -2.99. The Morgan fingerprint density at radius 3 is 2.65 bits per heavy atom. The molecule has 3 N–H and O–H groups in total. The van der Waals surface area contributed by atoms with E-state index in [4.69, 9.17) is 14.2 Å². The highest BCUT2D eigenvalue weighted by Crippen LogP contribution is 2.36. The molecule has 0 aromatic heterocycles. The standard InChI is InChI=1S/C29H46O8/c1-7-24(32)21(5)28-26(36-28)16-18(2)10-8-11-19(3)25-12-9-15-29(34,37-22(6)30)20(4)13-14-23(31)17-27(33)35-25/h8-11,15,18,20-21,23-26,28,31-32,34H,7,12-14,16-17H2,1-6H3. The number of allylic oxidation sites excluding steroid dienone is 3. The van der Waals surface area contributed by atoms with Gasteiger partial charge in [0.2, 0.25) is 5.79 Å². The summed E-state index contributed by atoms with van der Waals surface area (Å²) < 4.78 is 16.6. The number of aliphatic hydroxyl groups is 3. The molecular formula is C29H46O8. The molecular weight excluding hydrogens is 476 g/mol. The number of esters is 2. The van der Waals surface area contributed by atoms with Crippen molar-refractivity contribution in [2.24, 2.45) is 17.8 Å². The quantitative estimate of drug-likeness (QED) is 0.136. The molecule has 2 aliphatic heterocycles. The summed E-state index contributed by atoms with van der Waals surface area (Å²) in [7, 11) is 0. The van der Waals surface area contributed by atoms with Gasteiger partial charge in [0.15, 0.2) is 0 Å². The molecule has 0 saturated carbocycles. The molecule has 0 radical (unpaired) electrons. The van der Waals surface area contributed by atoms with Crippen molar-refractivity contribution >= 4 is 11.9 Å². The smallest absolute Gasteiger partial charge is 0.309 e. The second-order valence-corrected chi connectivity index (χ2v) is 10.8. The van der Waals surface area contributed by atoms with Gasteiger partial charge in [-0.15, -0.1) is 0 Å². The third-order valence-electron chi connectivity index (χ3n) is 7.40. The second-order valence-electron chi connectivity index (χ2n) is 10.8. The third kappa shape index (κ3) is 10.0. The fraction of sp³-hybridized carbons (Fsp3) is 0.724. The first-order valence-corrected chi connectivity index (χ1v) is 13.5. The van der Waals surface area contributed by atoms with Crippen LogP contribution in [0.3, 0.4) is 0 Å². The fourth-order valence-corrected chi connectivity index (χ4v) is 4.72. The largest absolute Gasteiger partial charge is 0.457 e. The van der Waals surface area contributed by atoms with E-state index >= 15 is 0 Å². The highest BCUT2D eigenvalue weighted by Gasteiger charge is 2.45. The molecule has 37 heavy (non-hydrogen) atoms. The molecule has 2 aliphatic rings. The number of cyclic esters (lactones) is 1. The summed E-state index contributed by atoms with van der Waals surface area (Å²) in [5, 5.41) is 31.3. The highest BCUT2D eigenvalue weighted by atomic mass is 16.7. The van der Waals surface area contributed by atoms with Crippen LogP contribution in [0.2, 0.25) is 0 Å². The lowest BCUT2D eigenvalue weighted by atomic mass is 9.92. The number of epoxide rings is 1. The summed E-state index contributed by atoms with van der Waals surface area (Å²) in [5.41, 5.74) is 0.803. The van der Waals surface area contributed by atoms with Gasteiger partial charge < -0.3 is 29.5 Å². The Morgan fingerprint density at radius 2 is 2.00 bits per heavy atom.